The third-order valence-corrected chi connectivity index (χ3v) is 5.03. The van der Waals surface area contributed by atoms with Gasteiger partial charge in [-0.3, -0.25) is 9.59 Å². The highest BCUT2D eigenvalue weighted by atomic mass is 16.5. The van der Waals surface area contributed by atoms with Gasteiger partial charge in [-0.15, -0.1) is 0 Å². The molecule has 1 aromatic carbocycles. The first kappa shape index (κ1) is 21.4. The van der Waals surface area contributed by atoms with Crippen LogP contribution in [0, 0.1) is 0 Å². The summed E-state index contributed by atoms with van der Waals surface area (Å²) in [4.78, 5) is 29.6. The van der Waals surface area contributed by atoms with Gasteiger partial charge in [-0.2, -0.15) is 0 Å². The highest BCUT2D eigenvalue weighted by Gasteiger charge is 2.45. The van der Waals surface area contributed by atoms with Gasteiger partial charge in [0.05, 0.1) is 32.1 Å². The van der Waals surface area contributed by atoms with Gasteiger partial charge in [0.15, 0.2) is 23.0 Å². The van der Waals surface area contributed by atoms with Crippen LogP contribution in [0.2, 0.25) is 0 Å². The fourth-order valence-corrected chi connectivity index (χ4v) is 3.66. The Hall–Kier alpha value is -3.26. The zero-order chi connectivity index (χ0) is 21.8. The average Bonchev–Trinajstić information content (AvgIpc) is 3.35. The smallest absolute Gasteiger partial charge is 0.290 e. The number of nitrogens with zero attached hydrogens (tertiary/aromatic N) is 2. The Bertz CT molecular complexity index is 949. The normalized spacial score (nSPS) is 16.5. The SMILES string of the molecule is COc1cccc([C@H]2C(C(=O)c3ccco3)=C(O)C(=O)N2CCCN(C)C)c1OC. The van der Waals surface area contributed by atoms with E-state index in [-0.39, 0.29) is 11.3 Å². The molecule has 3 rings (SSSR count). The molecule has 2 heterocycles. The summed E-state index contributed by atoms with van der Waals surface area (Å²) in [6, 6.07) is 7.49. The van der Waals surface area contributed by atoms with E-state index in [9.17, 15) is 14.7 Å². The van der Waals surface area contributed by atoms with Crippen LogP contribution in [0.4, 0.5) is 0 Å². The number of ether oxygens (including phenoxy) is 2. The van der Waals surface area contributed by atoms with E-state index >= 15 is 0 Å². The maximum atomic E-state index is 13.2. The summed E-state index contributed by atoms with van der Waals surface area (Å²) in [5.41, 5.74) is 0.514. The van der Waals surface area contributed by atoms with E-state index < -0.39 is 23.5 Å². The van der Waals surface area contributed by atoms with Crippen LogP contribution in [-0.2, 0) is 4.79 Å². The number of para-hydroxylation sites is 1. The lowest BCUT2D eigenvalue weighted by atomic mass is 9.94. The Labute approximate surface area is 175 Å². The van der Waals surface area contributed by atoms with Gasteiger partial charge in [-0.1, -0.05) is 12.1 Å². The number of benzene rings is 1. The number of ketones is 1. The molecular formula is C22H26N2O6. The zero-order valence-electron chi connectivity index (χ0n) is 17.5. The average molecular weight is 414 g/mol. The molecule has 0 saturated carbocycles. The van der Waals surface area contributed by atoms with E-state index in [0.29, 0.717) is 30.0 Å². The van der Waals surface area contributed by atoms with Crippen LogP contribution in [0.3, 0.4) is 0 Å². The van der Waals surface area contributed by atoms with Crippen LogP contribution >= 0.6 is 0 Å². The standard InChI is InChI=1S/C22H26N2O6/c1-23(2)11-7-12-24-18(14-8-5-9-16(28-3)21(14)29-4)17(20(26)22(24)27)19(25)15-10-6-13-30-15/h5-6,8-10,13,18,26H,7,11-12H2,1-4H3/t18-/m0/s1. The molecule has 0 bridgehead atoms. The number of carbonyl (C=O) groups excluding carboxylic acids is 2. The van der Waals surface area contributed by atoms with Gasteiger partial charge in [0, 0.05) is 12.1 Å². The number of methoxy groups -OCH3 is 2. The molecule has 0 saturated heterocycles. The van der Waals surface area contributed by atoms with Gasteiger partial charge in [0.2, 0.25) is 5.78 Å². The highest BCUT2D eigenvalue weighted by Crippen LogP contribution is 2.45. The quantitative estimate of drug-likeness (QED) is 0.631. The molecule has 1 aromatic heterocycles. The number of hydrogen-bond acceptors (Lipinski definition) is 7. The third kappa shape index (κ3) is 3.91. The number of carbonyl (C=O) groups is 2. The number of aliphatic hydroxyl groups is 1. The Kier molecular flexibility index (Phi) is 6.47. The summed E-state index contributed by atoms with van der Waals surface area (Å²) in [5, 5.41) is 10.7. The fraction of sp³-hybridized carbons (Fsp3) is 0.364. The molecule has 160 valence electrons. The van der Waals surface area contributed by atoms with Crippen molar-refractivity contribution in [2.24, 2.45) is 0 Å². The predicted octanol–water partition coefficient (Wildman–Crippen LogP) is 2.83. The van der Waals surface area contributed by atoms with Gasteiger partial charge in [-0.05, 0) is 45.3 Å². The van der Waals surface area contributed by atoms with Gasteiger partial charge in [0.1, 0.15) is 0 Å². The lowest BCUT2D eigenvalue weighted by molar-refractivity contribution is -0.129. The number of hydrogen-bond donors (Lipinski definition) is 1. The molecule has 0 unspecified atom stereocenters. The van der Waals surface area contributed by atoms with Crippen LogP contribution in [0.5, 0.6) is 11.5 Å². The van der Waals surface area contributed by atoms with E-state index in [1.807, 2.05) is 19.0 Å². The zero-order valence-corrected chi connectivity index (χ0v) is 17.5. The van der Waals surface area contributed by atoms with Crippen molar-refractivity contribution >= 4 is 11.7 Å². The molecule has 1 aliphatic rings. The van der Waals surface area contributed by atoms with Crippen LogP contribution in [0.1, 0.15) is 28.6 Å². The lowest BCUT2D eigenvalue weighted by Gasteiger charge is -2.28. The summed E-state index contributed by atoms with van der Waals surface area (Å²) in [7, 11) is 6.89. The molecule has 1 amide bonds. The minimum atomic E-state index is -0.831. The van der Waals surface area contributed by atoms with Crippen molar-refractivity contribution in [1.82, 2.24) is 9.80 Å². The van der Waals surface area contributed by atoms with Gasteiger partial charge in [-0.25, -0.2) is 0 Å². The molecule has 0 spiro atoms. The van der Waals surface area contributed by atoms with E-state index in [1.54, 1.807) is 24.3 Å². The molecule has 8 heteroatoms. The number of rotatable bonds is 9. The van der Waals surface area contributed by atoms with Crippen molar-refractivity contribution in [3.63, 3.8) is 0 Å². The summed E-state index contributed by atoms with van der Waals surface area (Å²) >= 11 is 0. The summed E-state index contributed by atoms with van der Waals surface area (Å²) in [6.07, 6.45) is 2.04. The molecule has 30 heavy (non-hydrogen) atoms. The predicted molar refractivity (Wildman–Crippen MR) is 110 cm³/mol. The van der Waals surface area contributed by atoms with Gasteiger partial charge in [0.25, 0.3) is 5.91 Å². The van der Waals surface area contributed by atoms with Crippen LogP contribution < -0.4 is 9.47 Å². The monoisotopic (exact) mass is 414 g/mol. The number of aliphatic hydroxyl groups excluding tert-OH is 1. The van der Waals surface area contributed by atoms with Crippen LogP contribution in [0.25, 0.3) is 0 Å². The Balaban J connectivity index is 2.11. The first-order valence-electron chi connectivity index (χ1n) is 9.58. The van der Waals surface area contributed by atoms with Gasteiger partial charge >= 0.3 is 0 Å². The fourth-order valence-electron chi connectivity index (χ4n) is 3.66. The Morgan fingerprint density at radius 2 is 1.97 bits per heavy atom. The van der Waals surface area contributed by atoms with Crippen molar-refractivity contribution in [2.45, 2.75) is 12.5 Å². The van der Waals surface area contributed by atoms with E-state index in [4.69, 9.17) is 13.9 Å². The Morgan fingerprint density at radius 1 is 1.20 bits per heavy atom. The molecule has 0 fully saturated rings. The van der Waals surface area contributed by atoms with Crippen molar-refractivity contribution in [1.29, 1.82) is 0 Å². The molecule has 1 aliphatic heterocycles. The first-order valence-corrected chi connectivity index (χ1v) is 9.58. The highest BCUT2D eigenvalue weighted by molar-refractivity contribution is 6.15. The van der Waals surface area contributed by atoms with E-state index in [0.717, 1.165) is 6.54 Å². The van der Waals surface area contributed by atoms with E-state index in [1.165, 1.54) is 31.4 Å². The largest absolute Gasteiger partial charge is 0.503 e. The van der Waals surface area contributed by atoms with Gasteiger partial charge < -0.3 is 28.8 Å². The minimum Gasteiger partial charge on any atom is -0.503 e. The topological polar surface area (TPSA) is 92.5 Å². The second kappa shape index (κ2) is 9.04. The number of furan rings is 1. The summed E-state index contributed by atoms with van der Waals surface area (Å²) in [6.45, 7) is 1.09. The summed E-state index contributed by atoms with van der Waals surface area (Å²) in [5.74, 6) is -0.807. The molecule has 8 nitrogen and oxygen atoms in total. The van der Waals surface area contributed by atoms with Crippen molar-refractivity contribution in [2.75, 3.05) is 41.4 Å². The lowest BCUT2D eigenvalue weighted by Crippen LogP contribution is -2.33. The molecular weight excluding hydrogens is 388 g/mol. The third-order valence-electron chi connectivity index (χ3n) is 5.03. The second-order valence-electron chi connectivity index (χ2n) is 7.21. The maximum Gasteiger partial charge on any atom is 0.290 e. The maximum absolute atomic E-state index is 13.2. The van der Waals surface area contributed by atoms with E-state index in [2.05, 4.69) is 0 Å². The molecule has 0 radical (unpaired) electrons. The second-order valence-corrected chi connectivity index (χ2v) is 7.21. The van der Waals surface area contributed by atoms with Crippen LogP contribution in [-0.4, -0.2) is 68.0 Å². The van der Waals surface area contributed by atoms with Crippen LogP contribution in [0.15, 0.2) is 52.3 Å². The van der Waals surface area contributed by atoms with Crippen molar-refractivity contribution < 1.29 is 28.6 Å². The molecule has 0 aliphatic carbocycles. The molecule has 2 aromatic rings. The molecule has 1 atom stereocenters. The molecule has 1 N–H and O–H groups in total. The minimum absolute atomic E-state index is 0.0358. The van der Waals surface area contributed by atoms with Crippen molar-refractivity contribution in [3.05, 3.63) is 59.3 Å². The van der Waals surface area contributed by atoms with Crippen molar-refractivity contribution in [3.8, 4) is 11.5 Å². The Morgan fingerprint density at radius 3 is 2.57 bits per heavy atom. The first-order chi connectivity index (χ1) is 14.4. The number of amides is 1. The number of Topliss-reactive ketones (excluding diaryl/α,β-unsaturated/α-hetero) is 1. The summed E-state index contributed by atoms with van der Waals surface area (Å²) < 4.78 is 16.2.